The number of hydrogen-bond acceptors (Lipinski definition) is 6. The molecule has 2 rings (SSSR count). The Morgan fingerprint density at radius 3 is 2.25 bits per heavy atom. The highest BCUT2D eigenvalue weighted by molar-refractivity contribution is 6.02. The van der Waals surface area contributed by atoms with Gasteiger partial charge in [0, 0.05) is 5.56 Å². The van der Waals surface area contributed by atoms with Gasteiger partial charge in [0.25, 0.3) is 5.79 Å². The molecule has 0 fully saturated rings. The first kappa shape index (κ1) is 14.0. The summed E-state index contributed by atoms with van der Waals surface area (Å²) in [4.78, 5) is 16.1. The Balaban J connectivity index is 2.54. The highest BCUT2D eigenvalue weighted by atomic mass is 17.1. The van der Waals surface area contributed by atoms with Gasteiger partial charge in [-0.3, -0.25) is 4.79 Å². The summed E-state index contributed by atoms with van der Waals surface area (Å²) in [5.41, 5.74) is -0.402. The van der Waals surface area contributed by atoms with Gasteiger partial charge in [0.15, 0.2) is 11.5 Å². The standard InChI is InChI=1S/C14H12O6/c15-11-8-4-7-10(12(11)16)14(18,20-19)13(17)9-5-2-1-3-6-9/h1-8,15-16,18-19H. The molecular weight excluding hydrogens is 264 g/mol. The molecule has 0 saturated carbocycles. The fourth-order valence-electron chi connectivity index (χ4n) is 1.80. The molecule has 0 aliphatic heterocycles. The molecule has 0 saturated heterocycles. The molecule has 6 heteroatoms. The van der Waals surface area contributed by atoms with E-state index in [-0.39, 0.29) is 5.56 Å². The van der Waals surface area contributed by atoms with Gasteiger partial charge in [0.05, 0.1) is 5.56 Å². The lowest BCUT2D eigenvalue weighted by atomic mass is 9.95. The summed E-state index contributed by atoms with van der Waals surface area (Å²) in [5, 5.41) is 38.3. The molecule has 0 aliphatic rings. The molecule has 0 radical (unpaired) electrons. The number of carbonyl (C=O) groups is 1. The molecule has 0 spiro atoms. The van der Waals surface area contributed by atoms with E-state index in [9.17, 15) is 20.1 Å². The molecule has 1 atom stereocenters. The van der Waals surface area contributed by atoms with E-state index in [1.807, 2.05) is 0 Å². The van der Waals surface area contributed by atoms with Crippen LogP contribution in [0.5, 0.6) is 11.5 Å². The lowest BCUT2D eigenvalue weighted by molar-refractivity contribution is -0.375. The van der Waals surface area contributed by atoms with Crippen LogP contribution in [-0.2, 0) is 10.7 Å². The number of benzene rings is 2. The van der Waals surface area contributed by atoms with Crippen LogP contribution in [0.3, 0.4) is 0 Å². The number of ketones is 1. The number of hydrogen-bond donors (Lipinski definition) is 4. The molecule has 20 heavy (non-hydrogen) atoms. The Morgan fingerprint density at radius 1 is 1.00 bits per heavy atom. The zero-order valence-electron chi connectivity index (χ0n) is 10.2. The first-order chi connectivity index (χ1) is 9.50. The largest absolute Gasteiger partial charge is 0.504 e. The summed E-state index contributed by atoms with van der Waals surface area (Å²) in [5.74, 6) is -5.11. The van der Waals surface area contributed by atoms with Crippen molar-refractivity contribution < 1.29 is 30.3 Å². The van der Waals surface area contributed by atoms with Crippen LogP contribution < -0.4 is 0 Å². The van der Waals surface area contributed by atoms with Gasteiger partial charge in [0.2, 0.25) is 5.78 Å². The number of aromatic hydroxyl groups is 2. The van der Waals surface area contributed by atoms with Crippen molar-refractivity contribution in [2.75, 3.05) is 0 Å². The van der Waals surface area contributed by atoms with Gasteiger partial charge in [-0.05, 0) is 12.1 Å². The fourth-order valence-corrected chi connectivity index (χ4v) is 1.80. The van der Waals surface area contributed by atoms with E-state index in [4.69, 9.17) is 5.26 Å². The maximum absolute atomic E-state index is 12.2. The Labute approximate surface area is 114 Å². The van der Waals surface area contributed by atoms with Crippen molar-refractivity contribution in [2.45, 2.75) is 5.79 Å². The summed E-state index contributed by atoms with van der Waals surface area (Å²) in [6.45, 7) is 0. The zero-order valence-corrected chi connectivity index (χ0v) is 10.2. The summed E-state index contributed by atoms with van der Waals surface area (Å²) in [6, 6.07) is 11.2. The molecule has 2 aromatic rings. The van der Waals surface area contributed by atoms with Gasteiger partial charge >= 0.3 is 0 Å². The van der Waals surface area contributed by atoms with Crippen molar-refractivity contribution in [1.29, 1.82) is 0 Å². The molecule has 0 aromatic heterocycles. The van der Waals surface area contributed by atoms with Gasteiger partial charge in [-0.15, -0.1) is 0 Å². The fraction of sp³-hybridized carbons (Fsp3) is 0.0714. The lowest BCUT2D eigenvalue weighted by Gasteiger charge is -2.24. The Morgan fingerprint density at radius 2 is 1.65 bits per heavy atom. The topological polar surface area (TPSA) is 107 Å². The van der Waals surface area contributed by atoms with Crippen LogP contribution in [0.2, 0.25) is 0 Å². The number of aliphatic hydroxyl groups is 1. The number of carbonyl (C=O) groups excluding carboxylic acids is 1. The molecule has 0 heterocycles. The third-order valence-corrected chi connectivity index (χ3v) is 2.86. The Kier molecular flexibility index (Phi) is 3.71. The lowest BCUT2D eigenvalue weighted by Crippen LogP contribution is -2.38. The van der Waals surface area contributed by atoms with Crippen molar-refractivity contribution in [1.82, 2.24) is 0 Å². The number of phenols is 2. The molecule has 4 N–H and O–H groups in total. The molecule has 1 unspecified atom stereocenters. The number of para-hydroxylation sites is 1. The average Bonchev–Trinajstić information content (AvgIpc) is 2.49. The van der Waals surface area contributed by atoms with Crippen molar-refractivity contribution in [3.05, 3.63) is 59.7 Å². The predicted molar refractivity (Wildman–Crippen MR) is 68.2 cm³/mol. The van der Waals surface area contributed by atoms with Crippen LogP contribution in [0.25, 0.3) is 0 Å². The molecule has 0 aliphatic carbocycles. The van der Waals surface area contributed by atoms with Crippen molar-refractivity contribution in [3.8, 4) is 11.5 Å². The molecule has 6 nitrogen and oxygen atoms in total. The van der Waals surface area contributed by atoms with Crippen LogP contribution in [0.15, 0.2) is 48.5 Å². The zero-order chi connectivity index (χ0) is 14.8. The van der Waals surface area contributed by atoms with Crippen LogP contribution in [0.1, 0.15) is 15.9 Å². The second-order valence-corrected chi connectivity index (χ2v) is 4.10. The first-order valence-corrected chi connectivity index (χ1v) is 5.67. The smallest absolute Gasteiger partial charge is 0.292 e. The number of phenolic OH excluding ortho intramolecular Hbond substituents is 2. The molecule has 2 aromatic carbocycles. The molecule has 0 amide bonds. The molecular formula is C14H12O6. The summed E-state index contributed by atoms with van der Waals surface area (Å²) in [7, 11) is 0. The van der Waals surface area contributed by atoms with Crippen LogP contribution >= 0.6 is 0 Å². The SMILES string of the molecule is O=C(c1ccccc1)C(O)(OO)c1cccc(O)c1O. The highest BCUT2D eigenvalue weighted by Gasteiger charge is 2.43. The predicted octanol–water partition coefficient (Wildman–Crippen LogP) is 1.62. The van der Waals surface area contributed by atoms with Crippen LogP contribution in [-0.4, -0.2) is 26.4 Å². The minimum Gasteiger partial charge on any atom is -0.504 e. The van der Waals surface area contributed by atoms with Crippen molar-refractivity contribution >= 4 is 5.78 Å². The van der Waals surface area contributed by atoms with Crippen LogP contribution in [0.4, 0.5) is 0 Å². The minimum atomic E-state index is -2.82. The van der Waals surface area contributed by atoms with Gasteiger partial charge in [-0.2, -0.15) is 4.89 Å². The first-order valence-electron chi connectivity index (χ1n) is 5.67. The van der Waals surface area contributed by atoms with E-state index in [1.54, 1.807) is 18.2 Å². The Hall–Kier alpha value is -2.41. The third-order valence-electron chi connectivity index (χ3n) is 2.86. The summed E-state index contributed by atoms with van der Waals surface area (Å²) < 4.78 is 0. The van der Waals surface area contributed by atoms with E-state index in [1.165, 1.54) is 18.2 Å². The second kappa shape index (κ2) is 5.30. The van der Waals surface area contributed by atoms with Gasteiger partial charge in [-0.1, -0.05) is 36.4 Å². The monoisotopic (exact) mass is 276 g/mol. The number of Topliss-reactive ketones (excluding diaryl/α,β-unsaturated/α-hetero) is 1. The van der Waals surface area contributed by atoms with Gasteiger partial charge in [0.1, 0.15) is 0 Å². The Bertz CT molecular complexity index is 625. The summed E-state index contributed by atoms with van der Waals surface area (Å²) in [6.07, 6.45) is 0. The third kappa shape index (κ3) is 2.23. The highest BCUT2D eigenvalue weighted by Crippen LogP contribution is 2.37. The normalized spacial score (nSPS) is 13.7. The van der Waals surface area contributed by atoms with Gasteiger partial charge in [-0.25, -0.2) is 5.26 Å². The van der Waals surface area contributed by atoms with Crippen molar-refractivity contribution in [3.63, 3.8) is 0 Å². The van der Waals surface area contributed by atoms with E-state index in [0.29, 0.717) is 0 Å². The van der Waals surface area contributed by atoms with E-state index in [0.717, 1.165) is 12.1 Å². The average molecular weight is 276 g/mol. The van der Waals surface area contributed by atoms with E-state index in [2.05, 4.69) is 4.89 Å². The maximum Gasteiger partial charge on any atom is 0.292 e. The summed E-state index contributed by atoms with van der Waals surface area (Å²) >= 11 is 0. The van der Waals surface area contributed by atoms with Gasteiger partial charge < -0.3 is 15.3 Å². The van der Waals surface area contributed by atoms with E-state index >= 15 is 0 Å². The quantitative estimate of drug-likeness (QED) is 0.222. The molecule has 104 valence electrons. The molecule has 0 bridgehead atoms. The van der Waals surface area contributed by atoms with Crippen LogP contribution in [0, 0.1) is 0 Å². The minimum absolute atomic E-state index is 0.0618. The number of rotatable bonds is 4. The van der Waals surface area contributed by atoms with Crippen molar-refractivity contribution in [2.24, 2.45) is 0 Å². The van der Waals surface area contributed by atoms with E-state index < -0.39 is 28.6 Å². The maximum atomic E-state index is 12.2. The second-order valence-electron chi connectivity index (χ2n) is 4.10.